The first-order chi connectivity index (χ1) is 5.58. The SMILES string of the molecule is Cl[Si](Cl)(Cl)CCCc1ccsc1. The van der Waals surface area contributed by atoms with Gasteiger partial charge in [0.2, 0.25) is 0 Å². The van der Waals surface area contributed by atoms with Crippen LogP contribution in [-0.4, -0.2) is 6.00 Å². The van der Waals surface area contributed by atoms with Crippen molar-refractivity contribution in [1.29, 1.82) is 0 Å². The van der Waals surface area contributed by atoms with Crippen LogP contribution in [-0.2, 0) is 6.42 Å². The standard InChI is InChI=1S/C7H9Cl3SSi/c8-12(9,10)5-1-2-7-3-4-11-6-7/h3-4,6H,1-2,5H2. The van der Waals surface area contributed by atoms with Crippen molar-refractivity contribution in [2.45, 2.75) is 18.9 Å². The molecule has 0 atom stereocenters. The second-order valence-corrected chi connectivity index (χ2v) is 12.7. The predicted octanol–water partition coefficient (Wildman–Crippen LogP) is 4.34. The Labute approximate surface area is 91.6 Å². The number of thiophene rings is 1. The van der Waals surface area contributed by atoms with Crippen molar-refractivity contribution in [1.82, 2.24) is 0 Å². The minimum Gasteiger partial charge on any atom is -0.152 e. The molecule has 0 aliphatic carbocycles. The van der Waals surface area contributed by atoms with E-state index in [9.17, 15) is 0 Å². The van der Waals surface area contributed by atoms with E-state index in [2.05, 4.69) is 16.8 Å². The van der Waals surface area contributed by atoms with Crippen molar-refractivity contribution in [3.8, 4) is 0 Å². The molecule has 0 radical (unpaired) electrons. The van der Waals surface area contributed by atoms with Crippen molar-refractivity contribution < 1.29 is 0 Å². The molecule has 0 spiro atoms. The van der Waals surface area contributed by atoms with E-state index in [1.54, 1.807) is 11.3 Å². The summed E-state index contributed by atoms with van der Waals surface area (Å²) in [5, 5.41) is 4.21. The van der Waals surface area contributed by atoms with E-state index in [0.29, 0.717) is 0 Å². The molecule has 0 saturated heterocycles. The van der Waals surface area contributed by atoms with Gasteiger partial charge in [-0.25, -0.2) is 0 Å². The third-order valence-corrected chi connectivity index (χ3v) is 4.86. The van der Waals surface area contributed by atoms with Crippen molar-refractivity contribution in [3.63, 3.8) is 0 Å². The molecule has 1 aromatic heterocycles. The Morgan fingerprint density at radius 1 is 1.33 bits per heavy atom. The molecule has 1 aromatic rings. The summed E-state index contributed by atoms with van der Waals surface area (Å²) in [7, 11) is 0. The minimum atomic E-state index is -2.37. The molecule has 1 rings (SSSR count). The summed E-state index contributed by atoms with van der Waals surface area (Å²) in [5.74, 6) is 0. The van der Waals surface area contributed by atoms with Crippen molar-refractivity contribution >= 4 is 50.6 Å². The molecule has 0 fully saturated rings. The van der Waals surface area contributed by atoms with Crippen molar-refractivity contribution in [2.24, 2.45) is 0 Å². The molecule has 0 nitrogen and oxygen atoms in total. The first-order valence-corrected chi connectivity index (χ1v) is 9.84. The molecule has 0 bridgehead atoms. The van der Waals surface area contributed by atoms with Crippen LogP contribution in [0, 0.1) is 0 Å². The van der Waals surface area contributed by atoms with Gasteiger partial charge in [0.05, 0.1) is 0 Å². The van der Waals surface area contributed by atoms with Crippen LogP contribution in [0.3, 0.4) is 0 Å². The van der Waals surface area contributed by atoms with Gasteiger partial charge < -0.3 is 0 Å². The van der Waals surface area contributed by atoms with Crippen LogP contribution in [0.15, 0.2) is 16.8 Å². The number of halogens is 3. The van der Waals surface area contributed by atoms with Gasteiger partial charge in [0, 0.05) is 0 Å². The van der Waals surface area contributed by atoms with Gasteiger partial charge in [0.25, 0.3) is 0 Å². The lowest BCUT2D eigenvalue weighted by molar-refractivity contribution is 0.919. The average Bonchev–Trinajstić information content (AvgIpc) is 2.36. The largest absolute Gasteiger partial charge is 0.341 e. The maximum atomic E-state index is 5.75. The van der Waals surface area contributed by atoms with Gasteiger partial charge in [0.1, 0.15) is 0 Å². The lowest BCUT2D eigenvalue weighted by atomic mass is 10.2. The lowest BCUT2D eigenvalue weighted by Crippen LogP contribution is -2.08. The molecule has 0 saturated carbocycles. The van der Waals surface area contributed by atoms with E-state index in [4.69, 9.17) is 33.2 Å². The van der Waals surface area contributed by atoms with E-state index in [0.717, 1.165) is 18.9 Å². The molecule has 12 heavy (non-hydrogen) atoms. The second kappa shape index (κ2) is 4.87. The zero-order valence-electron chi connectivity index (χ0n) is 6.40. The third-order valence-electron chi connectivity index (χ3n) is 1.51. The van der Waals surface area contributed by atoms with Crippen molar-refractivity contribution in [2.75, 3.05) is 0 Å². The Kier molecular flexibility index (Phi) is 4.41. The Balaban J connectivity index is 2.20. The molecule has 0 amide bonds. The fourth-order valence-electron chi connectivity index (χ4n) is 0.928. The molecular weight excluding hydrogens is 251 g/mol. The van der Waals surface area contributed by atoms with Crippen LogP contribution in [0.25, 0.3) is 0 Å². The van der Waals surface area contributed by atoms with E-state index in [-0.39, 0.29) is 0 Å². The van der Waals surface area contributed by atoms with Crippen LogP contribution in [0.1, 0.15) is 12.0 Å². The van der Waals surface area contributed by atoms with E-state index < -0.39 is 6.00 Å². The van der Waals surface area contributed by atoms with Gasteiger partial charge >= 0.3 is 6.00 Å². The minimum absolute atomic E-state index is 0.757. The zero-order chi connectivity index (χ0) is 9.03. The fraction of sp³-hybridized carbons (Fsp3) is 0.429. The van der Waals surface area contributed by atoms with E-state index >= 15 is 0 Å². The maximum absolute atomic E-state index is 5.75. The molecule has 0 aliphatic heterocycles. The monoisotopic (exact) mass is 258 g/mol. The highest BCUT2D eigenvalue weighted by molar-refractivity contribution is 7.64. The number of hydrogen-bond acceptors (Lipinski definition) is 1. The summed E-state index contributed by atoms with van der Waals surface area (Å²) >= 11 is 18.9. The Morgan fingerprint density at radius 2 is 2.08 bits per heavy atom. The maximum Gasteiger partial charge on any atom is 0.341 e. The summed E-state index contributed by atoms with van der Waals surface area (Å²) in [6.07, 6.45) is 2.02. The smallest absolute Gasteiger partial charge is 0.152 e. The summed E-state index contributed by atoms with van der Waals surface area (Å²) in [6, 6.07) is 0.503. The Morgan fingerprint density at radius 3 is 2.58 bits per heavy atom. The van der Waals surface area contributed by atoms with E-state index in [1.165, 1.54) is 5.56 Å². The zero-order valence-corrected chi connectivity index (χ0v) is 10.5. The van der Waals surface area contributed by atoms with Crippen LogP contribution >= 0.6 is 44.6 Å². The van der Waals surface area contributed by atoms with Gasteiger partial charge in [-0.15, -0.1) is 33.2 Å². The Hall–Kier alpha value is 0.787. The third kappa shape index (κ3) is 4.73. The van der Waals surface area contributed by atoms with Crippen LogP contribution < -0.4 is 0 Å². The summed E-state index contributed by atoms with van der Waals surface area (Å²) < 4.78 is 0. The van der Waals surface area contributed by atoms with Gasteiger partial charge in [-0.05, 0) is 41.3 Å². The number of rotatable bonds is 4. The van der Waals surface area contributed by atoms with Gasteiger partial charge in [-0.2, -0.15) is 11.3 Å². The summed E-state index contributed by atoms with van der Waals surface area (Å²) in [5.41, 5.74) is 1.35. The average molecular weight is 260 g/mol. The molecule has 1 heterocycles. The topological polar surface area (TPSA) is 0 Å². The first kappa shape index (κ1) is 10.9. The quantitative estimate of drug-likeness (QED) is 0.557. The normalized spacial score (nSPS) is 11.9. The second-order valence-electron chi connectivity index (χ2n) is 2.60. The van der Waals surface area contributed by atoms with Gasteiger partial charge in [0.15, 0.2) is 0 Å². The summed E-state index contributed by atoms with van der Waals surface area (Å²) in [6.45, 7) is 0. The molecule has 0 aliphatic rings. The van der Waals surface area contributed by atoms with Crippen LogP contribution in [0.5, 0.6) is 0 Å². The highest BCUT2D eigenvalue weighted by atomic mass is 35.8. The lowest BCUT2D eigenvalue weighted by Gasteiger charge is -2.05. The highest BCUT2D eigenvalue weighted by Gasteiger charge is 2.23. The predicted molar refractivity (Wildman–Crippen MR) is 60.8 cm³/mol. The number of hydrogen-bond donors (Lipinski definition) is 0. The van der Waals surface area contributed by atoms with Crippen LogP contribution in [0.2, 0.25) is 6.04 Å². The van der Waals surface area contributed by atoms with Gasteiger partial charge in [-0.1, -0.05) is 0 Å². The number of aryl methyl sites for hydroxylation is 1. The Bertz CT molecular complexity index is 217. The molecule has 0 N–H and O–H groups in total. The molecule has 68 valence electrons. The molecule has 0 aromatic carbocycles. The molecule has 0 unspecified atom stereocenters. The first-order valence-electron chi connectivity index (χ1n) is 3.66. The molecular formula is C7H9Cl3SSi. The van der Waals surface area contributed by atoms with Crippen molar-refractivity contribution in [3.05, 3.63) is 22.4 Å². The van der Waals surface area contributed by atoms with E-state index in [1.807, 2.05) is 0 Å². The van der Waals surface area contributed by atoms with Crippen LogP contribution in [0.4, 0.5) is 0 Å². The highest BCUT2D eigenvalue weighted by Crippen LogP contribution is 2.27. The molecule has 5 heteroatoms. The fourth-order valence-corrected chi connectivity index (χ4v) is 3.41. The van der Waals surface area contributed by atoms with Gasteiger partial charge in [-0.3, -0.25) is 0 Å². The summed E-state index contributed by atoms with van der Waals surface area (Å²) in [4.78, 5) is 0.